The van der Waals surface area contributed by atoms with Gasteiger partial charge in [-0.05, 0) is 37.4 Å². The van der Waals surface area contributed by atoms with Gasteiger partial charge in [-0.15, -0.1) is 11.3 Å². The average Bonchev–Trinajstić information content (AvgIpc) is 2.75. The van der Waals surface area contributed by atoms with E-state index in [9.17, 15) is 0 Å². The summed E-state index contributed by atoms with van der Waals surface area (Å²) in [7, 11) is 0. The fraction of sp³-hybridized carbons (Fsp3) is 0.667. The summed E-state index contributed by atoms with van der Waals surface area (Å²) in [6.07, 6.45) is 3.38. The van der Waals surface area contributed by atoms with Crippen molar-refractivity contribution in [3.05, 3.63) is 22.4 Å². The third-order valence-corrected chi connectivity index (χ3v) is 3.08. The van der Waals surface area contributed by atoms with E-state index in [1.54, 1.807) is 11.3 Å². The maximum atomic E-state index is 5.55. The summed E-state index contributed by atoms with van der Waals surface area (Å²) in [6, 6.07) is 4.26. The molecule has 0 aliphatic rings. The van der Waals surface area contributed by atoms with Gasteiger partial charge in [0.25, 0.3) is 0 Å². The van der Waals surface area contributed by atoms with Crippen molar-refractivity contribution >= 4 is 11.3 Å². The van der Waals surface area contributed by atoms with E-state index < -0.39 is 0 Å². The maximum absolute atomic E-state index is 5.55. The number of hydrogen-bond acceptors (Lipinski definition) is 3. The summed E-state index contributed by atoms with van der Waals surface area (Å²) < 4.78 is 5.55. The molecule has 0 spiro atoms. The fourth-order valence-corrected chi connectivity index (χ4v) is 2.02. The molecule has 0 aliphatic heterocycles. The predicted molar refractivity (Wildman–Crippen MR) is 66.6 cm³/mol. The summed E-state index contributed by atoms with van der Waals surface area (Å²) in [5, 5.41) is 5.48. The zero-order valence-electron chi connectivity index (χ0n) is 9.50. The Hall–Kier alpha value is -0.380. The SMILES string of the molecule is CCCNCCCOCCc1cccs1. The Kier molecular flexibility index (Phi) is 7.52. The van der Waals surface area contributed by atoms with E-state index in [1.807, 2.05) is 0 Å². The highest BCUT2D eigenvalue weighted by molar-refractivity contribution is 7.09. The van der Waals surface area contributed by atoms with Crippen molar-refractivity contribution in [2.45, 2.75) is 26.2 Å². The molecular weight excluding hydrogens is 206 g/mol. The number of thiophene rings is 1. The summed E-state index contributed by atoms with van der Waals surface area (Å²) >= 11 is 1.81. The van der Waals surface area contributed by atoms with E-state index in [-0.39, 0.29) is 0 Å². The largest absolute Gasteiger partial charge is 0.381 e. The zero-order valence-corrected chi connectivity index (χ0v) is 10.3. The van der Waals surface area contributed by atoms with Crippen molar-refractivity contribution < 1.29 is 4.74 Å². The van der Waals surface area contributed by atoms with E-state index in [0.29, 0.717) is 0 Å². The Morgan fingerprint density at radius 1 is 1.33 bits per heavy atom. The topological polar surface area (TPSA) is 21.3 Å². The lowest BCUT2D eigenvalue weighted by molar-refractivity contribution is 0.135. The van der Waals surface area contributed by atoms with Crippen molar-refractivity contribution in [2.24, 2.45) is 0 Å². The molecule has 3 heteroatoms. The molecule has 15 heavy (non-hydrogen) atoms. The van der Waals surface area contributed by atoms with Crippen LogP contribution in [-0.4, -0.2) is 26.3 Å². The minimum atomic E-state index is 0.855. The lowest BCUT2D eigenvalue weighted by Gasteiger charge is -2.04. The molecule has 86 valence electrons. The van der Waals surface area contributed by atoms with Gasteiger partial charge >= 0.3 is 0 Å². The van der Waals surface area contributed by atoms with Gasteiger partial charge in [0.1, 0.15) is 0 Å². The molecule has 0 aromatic carbocycles. The molecule has 0 amide bonds. The Labute approximate surface area is 96.7 Å². The van der Waals surface area contributed by atoms with Crippen LogP contribution in [0, 0.1) is 0 Å². The van der Waals surface area contributed by atoms with Gasteiger partial charge in [-0.1, -0.05) is 13.0 Å². The van der Waals surface area contributed by atoms with Crippen LogP contribution in [0.5, 0.6) is 0 Å². The molecule has 1 aromatic rings. The van der Waals surface area contributed by atoms with Crippen LogP contribution in [-0.2, 0) is 11.2 Å². The molecule has 1 N–H and O–H groups in total. The average molecular weight is 227 g/mol. The number of rotatable bonds is 9. The van der Waals surface area contributed by atoms with E-state index in [4.69, 9.17) is 4.74 Å². The summed E-state index contributed by atoms with van der Waals surface area (Å²) in [4.78, 5) is 1.42. The van der Waals surface area contributed by atoms with Gasteiger partial charge in [0.05, 0.1) is 6.61 Å². The Bertz CT molecular complexity index is 224. The molecule has 1 heterocycles. The summed E-state index contributed by atoms with van der Waals surface area (Å²) in [5.74, 6) is 0. The Morgan fingerprint density at radius 2 is 2.27 bits per heavy atom. The second-order valence-corrected chi connectivity index (χ2v) is 4.58. The van der Waals surface area contributed by atoms with Crippen LogP contribution in [0.2, 0.25) is 0 Å². The monoisotopic (exact) mass is 227 g/mol. The highest BCUT2D eigenvalue weighted by Crippen LogP contribution is 2.08. The standard InChI is InChI=1S/C12H21NOS/c1-2-7-13-8-4-9-14-10-6-12-5-3-11-15-12/h3,5,11,13H,2,4,6-10H2,1H3. The molecule has 1 rings (SSSR count). The van der Waals surface area contributed by atoms with Gasteiger partial charge in [-0.2, -0.15) is 0 Å². The number of nitrogens with one attached hydrogen (secondary N) is 1. The lowest BCUT2D eigenvalue weighted by Crippen LogP contribution is -2.17. The van der Waals surface area contributed by atoms with Crippen LogP contribution < -0.4 is 5.32 Å². The van der Waals surface area contributed by atoms with E-state index in [0.717, 1.165) is 39.1 Å². The minimum absolute atomic E-state index is 0.855. The van der Waals surface area contributed by atoms with Crippen LogP contribution in [0.15, 0.2) is 17.5 Å². The van der Waals surface area contributed by atoms with Crippen molar-refractivity contribution in [1.82, 2.24) is 5.32 Å². The molecule has 0 aliphatic carbocycles. The lowest BCUT2D eigenvalue weighted by atomic mass is 10.3. The third kappa shape index (κ3) is 6.66. The summed E-state index contributed by atoms with van der Waals surface area (Å²) in [6.45, 7) is 6.11. The molecule has 0 saturated carbocycles. The molecular formula is C12H21NOS. The van der Waals surface area contributed by atoms with Crippen LogP contribution in [0.25, 0.3) is 0 Å². The zero-order chi connectivity index (χ0) is 10.8. The molecule has 0 bridgehead atoms. The van der Waals surface area contributed by atoms with Gasteiger partial charge in [-0.25, -0.2) is 0 Å². The summed E-state index contributed by atoms with van der Waals surface area (Å²) in [5.41, 5.74) is 0. The van der Waals surface area contributed by atoms with Crippen LogP contribution in [0.1, 0.15) is 24.6 Å². The normalized spacial score (nSPS) is 10.7. The van der Waals surface area contributed by atoms with Gasteiger partial charge in [0.15, 0.2) is 0 Å². The van der Waals surface area contributed by atoms with Crippen molar-refractivity contribution in [2.75, 3.05) is 26.3 Å². The van der Waals surface area contributed by atoms with E-state index >= 15 is 0 Å². The fourth-order valence-electron chi connectivity index (χ4n) is 1.33. The van der Waals surface area contributed by atoms with Crippen LogP contribution >= 0.6 is 11.3 Å². The molecule has 2 nitrogen and oxygen atoms in total. The van der Waals surface area contributed by atoms with Crippen LogP contribution in [0.4, 0.5) is 0 Å². The first-order chi connectivity index (χ1) is 7.43. The first kappa shape index (κ1) is 12.7. The van der Waals surface area contributed by atoms with Crippen molar-refractivity contribution in [1.29, 1.82) is 0 Å². The van der Waals surface area contributed by atoms with E-state index in [2.05, 4.69) is 29.8 Å². The second-order valence-electron chi connectivity index (χ2n) is 3.55. The van der Waals surface area contributed by atoms with Crippen LogP contribution in [0.3, 0.4) is 0 Å². The second kappa shape index (κ2) is 8.89. The molecule has 0 fully saturated rings. The smallest absolute Gasteiger partial charge is 0.0514 e. The molecule has 1 aromatic heterocycles. The van der Waals surface area contributed by atoms with Gasteiger partial charge < -0.3 is 10.1 Å². The maximum Gasteiger partial charge on any atom is 0.0514 e. The highest BCUT2D eigenvalue weighted by Gasteiger charge is 1.93. The van der Waals surface area contributed by atoms with Crippen molar-refractivity contribution in [3.63, 3.8) is 0 Å². The number of hydrogen-bond donors (Lipinski definition) is 1. The van der Waals surface area contributed by atoms with Gasteiger partial charge in [-0.3, -0.25) is 0 Å². The van der Waals surface area contributed by atoms with Gasteiger partial charge in [0, 0.05) is 17.9 Å². The van der Waals surface area contributed by atoms with E-state index in [1.165, 1.54) is 11.3 Å². The van der Waals surface area contributed by atoms with Crippen molar-refractivity contribution in [3.8, 4) is 0 Å². The quantitative estimate of drug-likeness (QED) is 0.655. The Balaban J connectivity index is 1.81. The number of ether oxygens (including phenoxy) is 1. The highest BCUT2D eigenvalue weighted by atomic mass is 32.1. The predicted octanol–water partition coefficient (Wildman–Crippen LogP) is 2.70. The third-order valence-electron chi connectivity index (χ3n) is 2.14. The minimum Gasteiger partial charge on any atom is -0.381 e. The first-order valence-electron chi connectivity index (χ1n) is 5.74. The molecule has 0 radical (unpaired) electrons. The molecule has 0 saturated heterocycles. The molecule has 0 atom stereocenters. The molecule has 0 unspecified atom stereocenters. The Morgan fingerprint density at radius 3 is 3.00 bits per heavy atom. The first-order valence-corrected chi connectivity index (χ1v) is 6.62. The van der Waals surface area contributed by atoms with Gasteiger partial charge in [0.2, 0.25) is 0 Å².